The highest BCUT2D eigenvalue weighted by atomic mass is 16.5. The zero-order valence-electron chi connectivity index (χ0n) is 36.4. The Labute approximate surface area is 358 Å². The van der Waals surface area contributed by atoms with Crippen molar-refractivity contribution in [1.29, 1.82) is 0 Å². The van der Waals surface area contributed by atoms with Gasteiger partial charge < -0.3 is 45.4 Å². The maximum atomic E-state index is 14.8. The molecule has 3 aliphatic rings. The quantitative estimate of drug-likeness (QED) is 0.232. The summed E-state index contributed by atoms with van der Waals surface area (Å²) in [5, 5.41) is 10.8. The number of ether oxygens (including phenoxy) is 2. The summed E-state index contributed by atoms with van der Waals surface area (Å²) in [4.78, 5) is 100. The number of amides is 7. The molecule has 16 nitrogen and oxygen atoms in total. The Kier molecular flexibility index (Phi) is 16.3. The topological polar surface area (TPSA) is 196 Å². The largest absolute Gasteiger partial charge is 0.493 e. The first-order chi connectivity index (χ1) is 29.1. The van der Waals surface area contributed by atoms with Gasteiger partial charge in [-0.05, 0) is 62.3 Å². The number of Topliss-reactive ketones (excluding diaryl/α,β-unsaturated/α-hetero) is 1. The first-order valence-electron chi connectivity index (χ1n) is 21.5. The number of ketones is 1. The number of rotatable bonds is 12. The summed E-state index contributed by atoms with van der Waals surface area (Å²) in [6, 6.07) is 11.5. The molecule has 5 atom stereocenters. The molecule has 1 aliphatic carbocycles. The average molecular weight is 846 g/mol. The van der Waals surface area contributed by atoms with Gasteiger partial charge >= 0.3 is 6.03 Å². The molecule has 61 heavy (non-hydrogen) atoms. The smallest absolute Gasteiger partial charge is 0.318 e. The summed E-state index contributed by atoms with van der Waals surface area (Å²) in [5.74, 6) is -3.66. The lowest BCUT2D eigenvalue weighted by molar-refractivity contribution is -0.143. The van der Waals surface area contributed by atoms with E-state index in [1.54, 1.807) is 58.4 Å². The molecule has 332 valence electrons. The fraction of sp³-hybridized carbons (Fsp3) is 0.578. The van der Waals surface area contributed by atoms with Crippen LogP contribution in [0.15, 0.2) is 54.6 Å². The molecule has 2 aliphatic heterocycles. The number of carbonyl (C=O) groups is 7. The molecule has 0 spiro atoms. The predicted molar refractivity (Wildman–Crippen MR) is 227 cm³/mol. The molecule has 7 amide bonds. The van der Waals surface area contributed by atoms with Crippen molar-refractivity contribution in [2.75, 3.05) is 40.8 Å². The van der Waals surface area contributed by atoms with Crippen LogP contribution < -0.4 is 26.0 Å². The van der Waals surface area contributed by atoms with Crippen LogP contribution in [0, 0.1) is 5.92 Å². The number of nitrogens with zero attached hydrogens (tertiary/aromatic N) is 3. The number of carbonyl (C=O) groups excluding carboxylic acids is 7. The molecule has 5 rings (SSSR count). The van der Waals surface area contributed by atoms with Gasteiger partial charge in [0.15, 0.2) is 0 Å². The van der Waals surface area contributed by atoms with Gasteiger partial charge in [-0.3, -0.25) is 28.8 Å². The zero-order valence-corrected chi connectivity index (χ0v) is 36.4. The minimum Gasteiger partial charge on any atom is -0.493 e. The second-order valence-electron chi connectivity index (χ2n) is 17.2. The van der Waals surface area contributed by atoms with Crippen LogP contribution in [0.4, 0.5) is 4.79 Å². The van der Waals surface area contributed by atoms with Crippen molar-refractivity contribution in [3.8, 4) is 5.75 Å². The van der Waals surface area contributed by atoms with Crippen LogP contribution in [0.3, 0.4) is 0 Å². The van der Waals surface area contributed by atoms with Gasteiger partial charge in [-0.15, -0.1) is 0 Å². The van der Waals surface area contributed by atoms with Crippen LogP contribution in [0.5, 0.6) is 5.75 Å². The molecule has 0 radical (unpaired) electrons. The number of hydrogen-bond donors (Lipinski definition) is 4. The van der Waals surface area contributed by atoms with Gasteiger partial charge in [-0.2, -0.15) is 0 Å². The van der Waals surface area contributed by atoms with Gasteiger partial charge in [0.2, 0.25) is 29.4 Å². The molecule has 0 unspecified atom stereocenters. The summed E-state index contributed by atoms with van der Waals surface area (Å²) >= 11 is 0. The maximum Gasteiger partial charge on any atom is 0.318 e. The summed E-state index contributed by atoms with van der Waals surface area (Å²) in [6.45, 7) is 5.74. The second-order valence-corrected chi connectivity index (χ2v) is 17.2. The van der Waals surface area contributed by atoms with E-state index in [1.807, 2.05) is 38.1 Å². The molecule has 1 saturated carbocycles. The first-order valence-corrected chi connectivity index (χ1v) is 21.5. The third kappa shape index (κ3) is 12.8. The Hall–Kier alpha value is -5.51. The summed E-state index contributed by atoms with van der Waals surface area (Å²) in [6.07, 6.45) is 4.89. The molecule has 4 bridgehead atoms. The highest BCUT2D eigenvalue weighted by molar-refractivity contribution is 6.38. The van der Waals surface area contributed by atoms with Crippen LogP contribution in [0.25, 0.3) is 0 Å². The Morgan fingerprint density at radius 1 is 0.967 bits per heavy atom. The van der Waals surface area contributed by atoms with E-state index < -0.39 is 77.9 Å². The maximum absolute atomic E-state index is 14.8. The Bertz CT molecular complexity index is 1880. The lowest BCUT2D eigenvalue weighted by atomic mass is 9.83. The van der Waals surface area contributed by atoms with Crippen molar-refractivity contribution < 1.29 is 43.0 Å². The lowest BCUT2D eigenvalue weighted by Crippen LogP contribution is -2.59. The van der Waals surface area contributed by atoms with E-state index in [1.165, 1.54) is 14.7 Å². The molecular formula is C45H63N7O9. The van der Waals surface area contributed by atoms with E-state index in [0.717, 1.165) is 37.7 Å². The molecule has 2 heterocycles. The molecule has 4 N–H and O–H groups in total. The van der Waals surface area contributed by atoms with E-state index >= 15 is 0 Å². The van der Waals surface area contributed by atoms with Gasteiger partial charge in [0, 0.05) is 47.1 Å². The molecular weight excluding hydrogens is 783 g/mol. The molecule has 16 heteroatoms. The van der Waals surface area contributed by atoms with Gasteiger partial charge in [-0.25, -0.2) is 4.79 Å². The Balaban J connectivity index is 1.33. The molecule has 2 aromatic rings. The number of fused-ring (bicyclic) bond motifs is 4. The Morgan fingerprint density at radius 3 is 2.38 bits per heavy atom. The van der Waals surface area contributed by atoms with Crippen molar-refractivity contribution in [3.63, 3.8) is 0 Å². The molecule has 2 aromatic carbocycles. The first kappa shape index (κ1) is 46.6. The number of benzene rings is 2. The summed E-state index contributed by atoms with van der Waals surface area (Å²) < 4.78 is 12.7. The van der Waals surface area contributed by atoms with Crippen molar-refractivity contribution >= 4 is 41.4 Å². The van der Waals surface area contributed by atoms with Gasteiger partial charge in [0.05, 0.1) is 30.9 Å². The minimum atomic E-state index is -1.26. The van der Waals surface area contributed by atoms with Crippen LogP contribution in [0.2, 0.25) is 0 Å². The van der Waals surface area contributed by atoms with Crippen LogP contribution in [-0.2, 0) is 40.0 Å². The average Bonchev–Trinajstić information content (AvgIpc) is 3.66. The van der Waals surface area contributed by atoms with Gasteiger partial charge in [-0.1, -0.05) is 75.1 Å². The predicted octanol–water partition coefficient (Wildman–Crippen LogP) is 3.24. The summed E-state index contributed by atoms with van der Waals surface area (Å²) in [7, 11) is 4.79. The number of nitrogens with one attached hydrogen (secondary N) is 4. The van der Waals surface area contributed by atoms with Crippen LogP contribution in [0.1, 0.15) is 95.7 Å². The lowest BCUT2D eigenvalue weighted by Gasteiger charge is -2.35. The van der Waals surface area contributed by atoms with Crippen molar-refractivity contribution in [3.05, 3.63) is 65.7 Å². The summed E-state index contributed by atoms with van der Waals surface area (Å²) in [5.41, 5.74) is 0.693. The highest BCUT2D eigenvalue weighted by Crippen LogP contribution is 2.32. The number of likely N-dealkylation sites (N-methyl/N-ethyl adjacent to an activating group) is 1. The van der Waals surface area contributed by atoms with Crippen LogP contribution in [-0.4, -0.2) is 127 Å². The standard InChI is InChI=1S/C45H63N7O9/c1-7-15-34(39(54)41(56)46-26-36(53)48-37(42(57)50(4)5)30-17-10-8-11-18-30)47-40(55)35-25-33-28-52(35)43(58)38(31-19-12-9-13-20-31)49-44(59)51(6)27-29-16-14-21-32(24-29)60-23-22-45(2,3)61-33/h8,10-11,14,16-18,21,24,31,33-35,37-38H,7,9,12-13,15,19-20,22-23,25-28H2,1-6H3,(H,46,56)(H,47,55)(H,48,53)(H,49,59)/t33-,34-,35+,37+,38+/m1/s1. The fourth-order valence-electron chi connectivity index (χ4n) is 8.28. The van der Waals surface area contributed by atoms with E-state index in [0.29, 0.717) is 30.8 Å². The minimum absolute atomic E-state index is 0.0687. The third-order valence-corrected chi connectivity index (χ3v) is 11.6. The van der Waals surface area contributed by atoms with Gasteiger partial charge in [0.25, 0.3) is 5.91 Å². The van der Waals surface area contributed by atoms with Crippen molar-refractivity contribution in [2.24, 2.45) is 5.92 Å². The Morgan fingerprint density at radius 2 is 1.69 bits per heavy atom. The number of hydrogen-bond acceptors (Lipinski definition) is 9. The SMILES string of the molecule is CCC[C@@H](NC(=O)[C@@H]1C[C@@H]2CN1C(=O)[C@H](C1CCCCC1)NC(=O)N(C)Cc1cccc(c1)OCCC(C)(C)O2)C(=O)C(=O)NCC(=O)N[C@H](C(=O)N(C)C)c1ccccc1. The number of urea groups is 1. The second kappa shape index (κ2) is 21.3. The monoisotopic (exact) mass is 845 g/mol. The van der Waals surface area contributed by atoms with Crippen molar-refractivity contribution in [1.82, 2.24) is 36.0 Å². The van der Waals surface area contributed by atoms with Gasteiger partial charge in [0.1, 0.15) is 23.9 Å². The third-order valence-electron chi connectivity index (χ3n) is 11.6. The fourth-order valence-corrected chi connectivity index (χ4v) is 8.28. The molecule has 0 aromatic heterocycles. The van der Waals surface area contributed by atoms with E-state index in [2.05, 4.69) is 21.3 Å². The van der Waals surface area contributed by atoms with E-state index in [9.17, 15) is 33.6 Å². The molecule has 1 saturated heterocycles. The van der Waals surface area contributed by atoms with E-state index in [4.69, 9.17) is 9.47 Å². The van der Waals surface area contributed by atoms with E-state index in [-0.39, 0.29) is 37.8 Å². The zero-order chi connectivity index (χ0) is 44.3. The molecule has 2 fully saturated rings. The van der Waals surface area contributed by atoms with Crippen LogP contribution >= 0.6 is 0 Å². The van der Waals surface area contributed by atoms with Crippen molar-refractivity contribution in [2.45, 2.75) is 121 Å². The normalized spacial score (nSPS) is 22.1. The highest BCUT2D eigenvalue weighted by Gasteiger charge is 2.46.